The summed E-state index contributed by atoms with van der Waals surface area (Å²) in [6.07, 6.45) is 44.6. The highest BCUT2D eigenvalue weighted by atomic mass is 32.2. The van der Waals surface area contributed by atoms with Crippen molar-refractivity contribution in [2.24, 2.45) is 0 Å². The molecule has 0 saturated carbocycles. The molecule has 8 nitrogen and oxygen atoms in total. The van der Waals surface area contributed by atoms with E-state index >= 15 is 0 Å². The van der Waals surface area contributed by atoms with Gasteiger partial charge >= 0.3 is 0 Å². The van der Waals surface area contributed by atoms with Crippen LogP contribution in [0.3, 0.4) is 0 Å². The molecule has 0 fully saturated rings. The highest BCUT2D eigenvalue weighted by Crippen LogP contribution is 2.19. The van der Waals surface area contributed by atoms with E-state index in [1.807, 2.05) is 0 Å². The van der Waals surface area contributed by atoms with E-state index in [0.717, 1.165) is 96.3 Å². The second-order valence-corrected chi connectivity index (χ2v) is 23.5. The van der Waals surface area contributed by atoms with Gasteiger partial charge in [0.15, 0.2) is 10.2 Å². The number of unbranched alkanes of at least 4 members (excludes halogenated alkanes) is 28. The molecule has 412 valence electrons. The van der Waals surface area contributed by atoms with Crippen molar-refractivity contribution in [3.8, 4) is 0 Å². The van der Waals surface area contributed by atoms with Gasteiger partial charge in [-0.3, -0.25) is 19.4 Å². The molecule has 0 aromatic rings. The number of hydrogen-bond donors (Lipinski definition) is 4. The highest BCUT2D eigenvalue weighted by Gasteiger charge is 2.18. The third-order valence-corrected chi connectivity index (χ3v) is 16.0. The van der Waals surface area contributed by atoms with Crippen LogP contribution in [0.5, 0.6) is 0 Å². The minimum atomic E-state index is -0.408. The lowest BCUT2D eigenvalue weighted by molar-refractivity contribution is -0.111. The molecule has 0 radical (unpaired) electrons. The van der Waals surface area contributed by atoms with Crippen LogP contribution < -0.4 is 0 Å². The van der Waals surface area contributed by atoms with E-state index in [1.165, 1.54) is 178 Å². The Morgan fingerprint density at radius 2 is 0.536 bits per heavy atom. The third-order valence-electron chi connectivity index (χ3n) is 14.0. The van der Waals surface area contributed by atoms with Gasteiger partial charge in [0.05, 0.1) is 24.4 Å². The Morgan fingerprint density at radius 1 is 0.319 bits per heavy atom. The lowest BCUT2D eigenvalue weighted by Crippen LogP contribution is -2.38. The van der Waals surface area contributed by atoms with E-state index in [1.54, 1.807) is 0 Å². The monoisotopic (exact) mass is 1010 g/mol. The largest absolute Gasteiger partial charge is 0.392 e. The molecule has 0 aliphatic carbocycles. The molecular weight excluding hydrogens is 897 g/mol. The van der Waals surface area contributed by atoms with Gasteiger partial charge in [-0.25, -0.2) is 0 Å². The summed E-state index contributed by atoms with van der Waals surface area (Å²) in [5.41, 5.74) is 0. The minimum Gasteiger partial charge on any atom is -0.392 e. The number of rotatable bonds is 56. The Kier molecular flexibility index (Phi) is 53.9. The summed E-state index contributed by atoms with van der Waals surface area (Å²) in [6.45, 7) is 12.6. The van der Waals surface area contributed by atoms with Crippen molar-refractivity contribution in [2.75, 3.05) is 50.8 Å². The predicted octanol–water partition coefficient (Wildman–Crippen LogP) is 15.6. The first-order valence-electron chi connectivity index (χ1n) is 30.1. The Balaban J connectivity index is 4.72. The summed E-state index contributed by atoms with van der Waals surface area (Å²) in [6, 6.07) is 0. The number of thioether (sulfide) groups is 2. The minimum absolute atomic E-state index is 0.180. The van der Waals surface area contributed by atoms with Crippen LogP contribution in [-0.4, -0.2) is 116 Å². The fraction of sp³-hybridized carbons (Fsp3) is 0.966. The van der Waals surface area contributed by atoms with Gasteiger partial charge in [0.1, 0.15) is 0 Å². The molecule has 0 saturated heterocycles. The number of hydrogen-bond acceptors (Lipinski definition) is 10. The second kappa shape index (κ2) is 54.1. The SMILES string of the molecule is CCCCCCCCCCC(O)CN(CCCC(=O)SCCCSC(=O)CCCN(CC(O)CCCCCCCCCC)CC(O)CCCCCCCCCC)CC(O)CCCCCCCCCC. The normalized spacial score (nSPS) is 13.7. The number of aliphatic hydroxyl groups is 4. The van der Waals surface area contributed by atoms with Gasteiger partial charge in [-0.2, -0.15) is 0 Å². The van der Waals surface area contributed by atoms with Crippen LogP contribution >= 0.6 is 23.5 Å². The van der Waals surface area contributed by atoms with Crippen LogP contribution in [0, 0.1) is 0 Å². The summed E-state index contributed by atoms with van der Waals surface area (Å²) in [5, 5.41) is 44.3. The molecule has 0 aliphatic rings. The van der Waals surface area contributed by atoms with E-state index in [9.17, 15) is 30.0 Å². The first-order chi connectivity index (χ1) is 33.6. The predicted molar refractivity (Wildman–Crippen MR) is 304 cm³/mol. The van der Waals surface area contributed by atoms with Gasteiger partial charge in [0.2, 0.25) is 0 Å². The van der Waals surface area contributed by atoms with Crippen LogP contribution in [0.25, 0.3) is 0 Å². The molecule has 0 bridgehead atoms. The van der Waals surface area contributed by atoms with Crippen molar-refractivity contribution >= 4 is 33.8 Å². The van der Waals surface area contributed by atoms with Gasteiger partial charge in [0.25, 0.3) is 0 Å². The molecule has 0 spiro atoms. The summed E-state index contributed by atoms with van der Waals surface area (Å²) in [5.74, 6) is 1.41. The van der Waals surface area contributed by atoms with Gasteiger partial charge in [0, 0.05) is 50.5 Å². The first-order valence-corrected chi connectivity index (χ1v) is 32.1. The molecule has 0 aliphatic heterocycles. The molecular formula is C59H118N2O6S2. The van der Waals surface area contributed by atoms with Crippen LogP contribution in [-0.2, 0) is 9.59 Å². The smallest absolute Gasteiger partial charge is 0.188 e. The molecule has 0 aromatic heterocycles. The maximum atomic E-state index is 12.9. The second-order valence-electron chi connectivity index (χ2n) is 21.2. The van der Waals surface area contributed by atoms with E-state index in [0.29, 0.717) is 63.6 Å². The van der Waals surface area contributed by atoms with Crippen molar-refractivity contribution in [3.63, 3.8) is 0 Å². The van der Waals surface area contributed by atoms with Crippen LogP contribution in [0.4, 0.5) is 0 Å². The quantitative estimate of drug-likeness (QED) is 0.0438. The zero-order valence-electron chi connectivity index (χ0n) is 46.3. The average Bonchev–Trinajstić information content (AvgIpc) is 3.32. The molecule has 69 heavy (non-hydrogen) atoms. The van der Waals surface area contributed by atoms with Gasteiger partial charge in [-0.1, -0.05) is 257 Å². The molecule has 4 N–H and O–H groups in total. The Morgan fingerprint density at radius 3 is 0.768 bits per heavy atom. The van der Waals surface area contributed by atoms with Crippen LogP contribution in [0.1, 0.15) is 291 Å². The zero-order valence-corrected chi connectivity index (χ0v) is 47.9. The van der Waals surface area contributed by atoms with Gasteiger partial charge < -0.3 is 20.4 Å². The number of nitrogens with zero attached hydrogens (tertiary/aromatic N) is 2. The van der Waals surface area contributed by atoms with Crippen molar-refractivity contribution < 1.29 is 30.0 Å². The molecule has 0 heterocycles. The van der Waals surface area contributed by atoms with E-state index in [2.05, 4.69) is 37.5 Å². The lowest BCUT2D eigenvalue weighted by Gasteiger charge is -2.27. The summed E-state index contributed by atoms with van der Waals surface area (Å²) in [4.78, 5) is 30.2. The van der Waals surface area contributed by atoms with Crippen LogP contribution in [0.2, 0.25) is 0 Å². The highest BCUT2D eigenvalue weighted by molar-refractivity contribution is 8.14. The standard InChI is InChI=1S/C59H118N2O6S2/c1-5-9-13-17-21-25-29-33-40-54(62)50-60(51-55(63)41-34-30-26-22-18-14-10-6-2)46-37-44-58(66)68-48-39-49-69-59(67)45-38-47-61(52-56(64)42-35-31-27-23-19-15-11-7-3)53-57(65)43-36-32-28-24-20-16-12-8-4/h54-57,62-65H,5-53H2,1-4H3. The molecule has 0 amide bonds. The zero-order chi connectivity index (χ0) is 50.7. The summed E-state index contributed by atoms with van der Waals surface area (Å²) in [7, 11) is 0. The number of carbonyl (C=O) groups is 2. The summed E-state index contributed by atoms with van der Waals surface area (Å²) >= 11 is 2.75. The Bertz CT molecular complexity index is 938. The average molecular weight is 1020 g/mol. The molecule has 0 rings (SSSR count). The fourth-order valence-corrected chi connectivity index (χ4v) is 11.4. The van der Waals surface area contributed by atoms with E-state index < -0.39 is 24.4 Å². The van der Waals surface area contributed by atoms with Crippen LogP contribution in [0.15, 0.2) is 0 Å². The Labute approximate surface area is 437 Å². The van der Waals surface area contributed by atoms with Crippen molar-refractivity contribution in [1.82, 2.24) is 9.80 Å². The van der Waals surface area contributed by atoms with E-state index in [-0.39, 0.29) is 10.2 Å². The molecule has 10 heteroatoms. The maximum absolute atomic E-state index is 12.9. The molecule has 0 aromatic carbocycles. The van der Waals surface area contributed by atoms with Gasteiger partial charge in [-0.15, -0.1) is 0 Å². The first kappa shape index (κ1) is 68.8. The molecule has 4 unspecified atom stereocenters. The van der Waals surface area contributed by atoms with Crippen molar-refractivity contribution in [1.29, 1.82) is 0 Å². The lowest BCUT2D eigenvalue weighted by atomic mass is 10.0. The number of aliphatic hydroxyl groups excluding tert-OH is 4. The van der Waals surface area contributed by atoms with Gasteiger partial charge in [-0.05, 0) is 58.0 Å². The maximum Gasteiger partial charge on any atom is 0.188 e. The fourth-order valence-electron chi connectivity index (χ4n) is 9.60. The Hall–Kier alpha value is -0.200. The van der Waals surface area contributed by atoms with E-state index in [4.69, 9.17) is 0 Å². The topological polar surface area (TPSA) is 122 Å². The van der Waals surface area contributed by atoms with Crippen molar-refractivity contribution in [2.45, 2.75) is 315 Å². The number of carbonyl (C=O) groups excluding carboxylic acids is 2. The molecule has 4 atom stereocenters. The van der Waals surface area contributed by atoms with Crippen molar-refractivity contribution in [3.05, 3.63) is 0 Å². The third kappa shape index (κ3) is 51.1. The summed E-state index contributed by atoms with van der Waals surface area (Å²) < 4.78 is 0.